The van der Waals surface area contributed by atoms with E-state index in [0.717, 1.165) is 31.0 Å². The van der Waals surface area contributed by atoms with Crippen molar-refractivity contribution in [1.82, 2.24) is 0 Å². The van der Waals surface area contributed by atoms with Crippen molar-refractivity contribution >= 4 is 22.9 Å². The average Bonchev–Trinajstić information content (AvgIpc) is 2.87. The Morgan fingerprint density at radius 3 is 2.70 bits per heavy atom. The minimum Gasteiger partial charge on any atom is -0.342 e. The number of hydrogen-bond acceptors (Lipinski definition) is 3. The second-order valence-corrected chi connectivity index (χ2v) is 5.34. The SMILES string of the molecule is c1ccc(N2CC3CCN=C3Nc3ccccc32)cc1. The fourth-order valence-electron chi connectivity index (χ4n) is 3.05. The first-order valence-corrected chi connectivity index (χ1v) is 7.15. The molecule has 2 heterocycles. The van der Waals surface area contributed by atoms with Gasteiger partial charge in [0.05, 0.1) is 11.4 Å². The summed E-state index contributed by atoms with van der Waals surface area (Å²) >= 11 is 0. The molecule has 0 spiro atoms. The quantitative estimate of drug-likeness (QED) is 0.850. The van der Waals surface area contributed by atoms with Crippen molar-refractivity contribution in [3.63, 3.8) is 0 Å². The molecule has 0 radical (unpaired) electrons. The highest BCUT2D eigenvalue weighted by Gasteiger charge is 2.29. The van der Waals surface area contributed by atoms with Crippen molar-refractivity contribution in [3.8, 4) is 0 Å². The van der Waals surface area contributed by atoms with Gasteiger partial charge in [0.25, 0.3) is 0 Å². The van der Waals surface area contributed by atoms with Crippen LogP contribution in [0.15, 0.2) is 59.6 Å². The lowest BCUT2D eigenvalue weighted by atomic mass is 10.1. The Kier molecular flexibility index (Phi) is 2.69. The van der Waals surface area contributed by atoms with Gasteiger partial charge in [-0.1, -0.05) is 30.3 Å². The van der Waals surface area contributed by atoms with Gasteiger partial charge in [0.15, 0.2) is 0 Å². The third kappa shape index (κ3) is 1.86. The maximum atomic E-state index is 4.62. The van der Waals surface area contributed by atoms with Crippen molar-refractivity contribution in [1.29, 1.82) is 0 Å². The lowest BCUT2D eigenvalue weighted by Crippen LogP contribution is -2.27. The zero-order valence-corrected chi connectivity index (χ0v) is 11.3. The molecule has 2 aromatic carbocycles. The van der Waals surface area contributed by atoms with Gasteiger partial charge in [-0.25, -0.2) is 0 Å². The predicted octanol–water partition coefficient (Wildman–Crippen LogP) is 3.67. The highest BCUT2D eigenvalue weighted by atomic mass is 15.2. The van der Waals surface area contributed by atoms with Gasteiger partial charge in [0, 0.05) is 24.7 Å². The van der Waals surface area contributed by atoms with E-state index in [-0.39, 0.29) is 0 Å². The molecule has 2 aliphatic rings. The second-order valence-electron chi connectivity index (χ2n) is 5.34. The van der Waals surface area contributed by atoms with Crippen LogP contribution in [0.25, 0.3) is 0 Å². The minimum atomic E-state index is 0.502. The third-order valence-electron chi connectivity index (χ3n) is 4.07. The molecule has 3 nitrogen and oxygen atoms in total. The van der Waals surface area contributed by atoms with Crippen molar-refractivity contribution in [3.05, 3.63) is 54.6 Å². The largest absolute Gasteiger partial charge is 0.342 e. The average molecular weight is 263 g/mol. The summed E-state index contributed by atoms with van der Waals surface area (Å²) in [5.41, 5.74) is 3.63. The molecule has 0 amide bonds. The molecule has 100 valence electrons. The molecule has 0 saturated heterocycles. The predicted molar refractivity (Wildman–Crippen MR) is 83.9 cm³/mol. The van der Waals surface area contributed by atoms with Crippen LogP contribution in [0.3, 0.4) is 0 Å². The van der Waals surface area contributed by atoms with Crippen LogP contribution in [0.4, 0.5) is 17.1 Å². The van der Waals surface area contributed by atoms with Crippen LogP contribution in [0, 0.1) is 5.92 Å². The summed E-state index contributed by atoms with van der Waals surface area (Å²) in [5.74, 6) is 1.65. The normalized spacial score (nSPS) is 20.5. The van der Waals surface area contributed by atoms with Crippen LogP contribution < -0.4 is 10.2 Å². The fraction of sp³-hybridized carbons (Fsp3) is 0.235. The zero-order chi connectivity index (χ0) is 13.4. The Morgan fingerprint density at radius 2 is 1.80 bits per heavy atom. The summed E-state index contributed by atoms with van der Waals surface area (Å²) in [5, 5.41) is 3.53. The molecule has 0 aliphatic carbocycles. The summed E-state index contributed by atoms with van der Waals surface area (Å²) in [4.78, 5) is 7.03. The van der Waals surface area contributed by atoms with Crippen LogP contribution in [-0.2, 0) is 0 Å². The van der Waals surface area contributed by atoms with E-state index in [1.165, 1.54) is 11.4 Å². The van der Waals surface area contributed by atoms with Crippen molar-refractivity contribution in [2.75, 3.05) is 23.3 Å². The van der Waals surface area contributed by atoms with E-state index in [1.807, 2.05) is 0 Å². The standard InChI is InChI=1S/C17H17N3/c1-2-6-14(7-3-1)20-12-13-10-11-18-17(13)19-15-8-4-5-9-16(15)20/h1-9,13H,10-12H2,(H,18,19). The molecular weight excluding hydrogens is 246 g/mol. The summed E-state index contributed by atoms with van der Waals surface area (Å²) in [7, 11) is 0. The minimum absolute atomic E-state index is 0.502. The second kappa shape index (κ2) is 4.67. The molecule has 0 saturated carbocycles. The number of para-hydroxylation sites is 3. The first-order valence-electron chi connectivity index (χ1n) is 7.15. The van der Waals surface area contributed by atoms with Gasteiger partial charge in [0.1, 0.15) is 5.84 Å². The Hall–Kier alpha value is -2.29. The van der Waals surface area contributed by atoms with Gasteiger partial charge in [-0.15, -0.1) is 0 Å². The van der Waals surface area contributed by atoms with Gasteiger partial charge in [-0.05, 0) is 30.7 Å². The lowest BCUT2D eigenvalue weighted by molar-refractivity contribution is 0.680. The molecule has 1 N–H and O–H groups in total. The number of hydrogen-bond donors (Lipinski definition) is 1. The molecule has 3 heteroatoms. The number of rotatable bonds is 1. The van der Waals surface area contributed by atoms with Crippen LogP contribution >= 0.6 is 0 Å². The van der Waals surface area contributed by atoms with E-state index < -0.39 is 0 Å². The van der Waals surface area contributed by atoms with Crippen LogP contribution in [0.5, 0.6) is 0 Å². The van der Waals surface area contributed by atoms with E-state index in [0.29, 0.717) is 5.92 Å². The van der Waals surface area contributed by atoms with E-state index in [4.69, 9.17) is 0 Å². The molecule has 1 unspecified atom stereocenters. The number of aliphatic imine (C=N–C) groups is 1. The van der Waals surface area contributed by atoms with Gasteiger partial charge < -0.3 is 10.2 Å². The van der Waals surface area contributed by atoms with Gasteiger partial charge in [0.2, 0.25) is 0 Å². The van der Waals surface area contributed by atoms with Crippen LogP contribution in [-0.4, -0.2) is 18.9 Å². The Morgan fingerprint density at radius 1 is 1.00 bits per heavy atom. The van der Waals surface area contributed by atoms with E-state index in [1.54, 1.807) is 0 Å². The number of nitrogens with zero attached hydrogens (tertiary/aromatic N) is 2. The molecule has 1 atom stereocenters. The van der Waals surface area contributed by atoms with Gasteiger partial charge in [-0.2, -0.15) is 0 Å². The summed E-state index contributed by atoms with van der Waals surface area (Å²) in [6.07, 6.45) is 1.14. The molecule has 20 heavy (non-hydrogen) atoms. The highest BCUT2D eigenvalue weighted by molar-refractivity contribution is 6.03. The molecule has 0 bridgehead atoms. The Balaban J connectivity index is 1.83. The van der Waals surface area contributed by atoms with E-state index in [2.05, 4.69) is 69.8 Å². The Labute approximate surface area is 119 Å². The van der Waals surface area contributed by atoms with Crippen molar-refractivity contribution in [2.45, 2.75) is 6.42 Å². The molecular formula is C17H17N3. The maximum absolute atomic E-state index is 4.62. The molecule has 0 fully saturated rings. The van der Waals surface area contributed by atoms with E-state index in [9.17, 15) is 0 Å². The van der Waals surface area contributed by atoms with Gasteiger partial charge in [-0.3, -0.25) is 4.99 Å². The molecule has 2 aliphatic heterocycles. The third-order valence-corrected chi connectivity index (χ3v) is 4.07. The molecule has 2 aromatic rings. The van der Waals surface area contributed by atoms with Crippen LogP contribution in [0.1, 0.15) is 6.42 Å². The summed E-state index contributed by atoms with van der Waals surface area (Å²) in [6.45, 7) is 1.94. The number of fused-ring (bicyclic) bond motifs is 2. The summed E-state index contributed by atoms with van der Waals surface area (Å²) < 4.78 is 0. The smallest absolute Gasteiger partial charge is 0.106 e. The summed E-state index contributed by atoms with van der Waals surface area (Å²) in [6, 6.07) is 19.1. The number of nitrogens with one attached hydrogen (secondary N) is 1. The number of anilines is 3. The van der Waals surface area contributed by atoms with Crippen molar-refractivity contribution < 1.29 is 0 Å². The number of benzene rings is 2. The first-order chi connectivity index (χ1) is 9.92. The Bertz CT molecular complexity index is 648. The number of amidine groups is 1. The maximum Gasteiger partial charge on any atom is 0.106 e. The zero-order valence-electron chi connectivity index (χ0n) is 11.3. The molecule has 0 aromatic heterocycles. The molecule has 4 rings (SSSR count). The van der Waals surface area contributed by atoms with Gasteiger partial charge >= 0.3 is 0 Å². The topological polar surface area (TPSA) is 27.6 Å². The van der Waals surface area contributed by atoms with E-state index >= 15 is 0 Å². The fourth-order valence-corrected chi connectivity index (χ4v) is 3.05. The van der Waals surface area contributed by atoms with Crippen LogP contribution in [0.2, 0.25) is 0 Å². The lowest BCUT2D eigenvalue weighted by Gasteiger charge is -2.26. The van der Waals surface area contributed by atoms with Crippen molar-refractivity contribution in [2.24, 2.45) is 10.9 Å². The monoisotopic (exact) mass is 263 g/mol. The highest BCUT2D eigenvalue weighted by Crippen LogP contribution is 2.37. The first kappa shape index (κ1) is 11.5.